The minimum atomic E-state index is -3.64. The Kier molecular flexibility index (Phi) is 6.84. The van der Waals surface area contributed by atoms with Gasteiger partial charge in [-0.2, -0.15) is 4.31 Å². The SMILES string of the molecule is O=C(NCC(c1ccccc1)N1CCOCC1)C1CCCN1S(=O)(=O)c1cccs1. The molecule has 1 N–H and O–H groups in total. The predicted molar refractivity (Wildman–Crippen MR) is 116 cm³/mol. The number of nitrogens with zero attached hydrogens (tertiary/aromatic N) is 2. The molecule has 0 radical (unpaired) electrons. The molecule has 4 rings (SSSR count). The lowest BCUT2D eigenvalue weighted by molar-refractivity contribution is -0.124. The molecule has 3 heterocycles. The van der Waals surface area contributed by atoms with Gasteiger partial charge in [-0.3, -0.25) is 9.69 Å². The summed E-state index contributed by atoms with van der Waals surface area (Å²) in [5.74, 6) is -0.221. The van der Waals surface area contributed by atoms with Crippen molar-refractivity contribution in [2.45, 2.75) is 29.1 Å². The average molecular weight is 450 g/mol. The summed E-state index contributed by atoms with van der Waals surface area (Å²) in [4.78, 5) is 15.3. The molecule has 2 fully saturated rings. The van der Waals surface area contributed by atoms with Crippen LogP contribution in [0.4, 0.5) is 0 Å². The van der Waals surface area contributed by atoms with Crippen LogP contribution >= 0.6 is 11.3 Å². The number of thiophene rings is 1. The largest absolute Gasteiger partial charge is 0.379 e. The van der Waals surface area contributed by atoms with Crippen LogP contribution in [0.5, 0.6) is 0 Å². The Balaban J connectivity index is 1.46. The molecule has 2 unspecified atom stereocenters. The molecular formula is C21H27N3O4S2. The quantitative estimate of drug-likeness (QED) is 0.700. The molecule has 0 spiro atoms. The monoisotopic (exact) mass is 449 g/mol. The summed E-state index contributed by atoms with van der Waals surface area (Å²) in [5.41, 5.74) is 1.13. The minimum Gasteiger partial charge on any atom is -0.379 e. The molecule has 1 aromatic heterocycles. The summed E-state index contributed by atoms with van der Waals surface area (Å²) in [7, 11) is -3.64. The highest BCUT2D eigenvalue weighted by Crippen LogP contribution is 2.29. The first-order valence-electron chi connectivity index (χ1n) is 10.3. The summed E-state index contributed by atoms with van der Waals surface area (Å²) >= 11 is 1.18. The first kappa shape index (κ1) is 21.5. The van der Waals surface area contributed by atoms with Crippen molar-refractivity contribution in [2.24, 2.45) is 0 Å². The number of amides is 1. The second kappa shape index (κ2) is 9.57. The molecule has 7 nitrogen and oxygen atoms in total. The summed E-state index contributed by atoms with van der Waals surface area (Å²) in [6, 6.07) is 12.8. The molecule has 2 atom stereocenters. The Labute approximate surface area is 181 Å². The van der Waals surface area contributed by atoms with Crippen molar-refractivity contribution in [1.82, 2.24) is 14.5 Å². The van der Waals surface area contributed by atoms with E-state index in [9.17, 15) is 13.2 Å². The van der Waals surface area contributed by atoms with Crippen LogP contribution in [0.3, 0.4) is 0 Å². The fraction of sp³-hybridized carbons (Fsp3) is 0.476. The lowest BCUT2D eigenvalue weighted by Gasteiger charge is -2.35. The van der Waals surface area contributed by atoms with E-state index in [2.05, 4.69) is 22.3 Å². The van der Waals surface area contributed by atoms with Crippen LogP contribution in [0, 0.1) is 0 Å². The van der Waals surface area contributed by atoms with Gasteiger partial charge in [0, 0.05) is 26.2 Å². The van der Waals surface area contributed by atoms with Gasteiger partial charge in [0.05, 0.1) is 19.3 Å². The molecule has 30 heavy (non-hydrogen) atoms. The van der Waals surface area contributed by atoms with Crippen LogP contribution in [0.1, 0.15) is 24.4 Å². The van der Waals surface area contributed by atoms with Crippen LogP contribution in [0.2, 0.25) is 0 Å². The van der Waals surface area contributed by atoms with E-state index in [1.165, 1.54) is 15.6 Å². The molecule has 1 aromatic carbocycles. The Morgan fingerprint density at radius 3 is 2.60 bits per heavy atom. The van der Waals surface area contributed by atoms with E-state index < -0.39 is 16.1 Å². The molecule has 2 aliphatic heterocycles. The molecule has 2 aliphatic rings. The van der Waals surface area contributed by atoms with Gasteiger partial charge in [-0.1, -0.05) is 36.4 Å². The number of morpholine rings is 1. The summed E-state index contributed by atoms with van der Waals surface area (Å²) in [6.07, 6.45) is 1.23. The fourth-order valence-corrected chi connectivity index (χ4v) is 6.93. The normalized spacial score (nSPS) is 22.1. The fourth-order valence-electron chi connectivity index (χ4n) is 4.15. The van der Waals surface area contributed by atoms with E-state index in [0.29, 0.717) is 39.1 Å². The van der Waals surface area contributed by atoms with Crippen molar-refractivity contribution in [2.75, 3.05) is 39.4 Å². The van der Waals surface area contributed by atoms with Crippen molar-refractivity contribution in [1.29, 1.82) is 0 Å². The molecule has 9 heteroatoms. The van der Waals surface area contributed by atoms with Gasteiger partial charge in [-0.05, 0) is 29.9 Å². The van der Waals surface area contributed by atoms with Gasteiger partial charge in [0.15, 0.2) is 0 Å². The molecule has 2 saturated heterocycles. The maximum Gasteiger partial charge on any atom is 0.253 e. The third-order valence-corrected chi connectivity index (χ3v) is 8.99. The number of carbonyl (C=O) groups is 1. The summed E-state index contributed by atoms with van der Waals surface area (Å²) < 4.78 is 33.0. The first-order valence-corrected chi connectivity index (χ1v) is 12.6. The number of nitrogens with one attached hydrogen (secondary N) is 1. The number of benzene rings is 1. The van der Waals surface area contributed by atoms with E-state index in [1.54, 1.807) is 17.5 Å². The van der Waals surface area contributed by atoms with Crippen LogP contribution in [0.15, 0.2) is 52.1 Å². The third kappa shape index (κ3) is 4.60. The number of ether oxygens (including phenoxy) is 1. The van der Waals surface area contributed by atoms with E-state index in [4.69, 9.17) is 4.74 Å². The van der Waals surface area contributed by atoms with Gasteiger partial charge in [0.2, 0.25) is 5.91 Å². The van der Waals surface area contributed by atoms with Crippen LogP contribution in [0.25, 0.3) is 0 Å². The smallest absolute Gasteiger partial charge is 0.253 e. The Morgan fingerprint density at radius 1 is 1.13 bits per heavy atom. The highest BCUT2D eigenvalue weighted by atomic mass is 32.2. The molecule has 0 saturated carbocycles. The number of carbonyl (C=O) groups excluding carboxylic acids is 1. The minimum absolute atomic E-state index is 0.0304. The van der Waals surface area contributed by atoms with Crippen LogP contribution < -0.4 is 5.32 Å². The topological polar surface area (TPSA) is 79.0 Å². The lowest BCUT2D eigenvalue weighted by atomic mass is 10.0. The van der Waals surface area contributed by atoms with Crippen molar-refractivity contribution in [3.63, 3.8) is 0 Å². The second-order valence-corrected chi connectivity index (χ2v) is 10.6. The molecular weight excluding hydrogens is 422 g/mol. The van der Waals surface area contributed by atoms with Crippen molar-refractivity contribution in [3.8, 4) is 0 Å². The Bertz CT molecular complexity index is 928. The zero-order valence-electron chi connectivity index (χ0n) is 16.8. The number of sulfonamides is 1. The second-order valence-electron chi connectivity index (χ2n) is 7.53. The van der Waals surface area contributed by atoms with E-state index >= 15 is 0 Å². The van der Waals surface area contributed by atoms with Gasteiger partial charge in [-0.25, -0.2) is 8.42 Å². The molecule has 1 amide bonds. The average Bonchev–Trinajstić information content (AvgIpc) is 3.48. The zero-order valence-corrected chi connectivity index (χ0v) is 18.4. The maximum absolute atomic E-state index is 13.0. The summed E-state index contributed by atoms with van der Waals surface area (Å²) in [6.45, 7) is 3.77. The first-order chi connectivity index (χ1) is 14.6. The van der Waals surface area contributed by atoms with Crippen molar-refractivity contribution in [3.05, 3.63) is 53.4 Å². The van der Waals surface area contributed by atoms with E-state index in [-0.39, 0.29) is 16.2 Å². The van der Waals surface area contributed by atoms with E-state index in [0.717, 1.165) is 18.7 Å². The summed E-state index contributed by atoms with van der Waals surface area (Å²) in [5, 5.41) is 4.78. The van der Waals surface area contributed by atoms with Crippen molar-refractivity contribution >= 4 is 27.3 Å². The Morgan fingerprint density at radius 2 is 1.90 bits per heavy atom. The van der Waals surface area contributed by atoms with Gasteiger partial charge in [0.1, 0.15) is 10.3 Å². The van der Waals surface area contributed by atoms with Gasteiger partial charge < -0.3 is 10.1 Å². The van der Waals surface area contributed by atoms with Crippen LogP contribution in [-0.2, 0) is 19.6 Å². The molecule has 2 aromatic rings. The molecule has 0 aliphatic carbocycles. The van der Waals surface area contributed by atoms with Gasteiger partial charge in [-0.15, -0.1) is 11.3 Å². The van der Waals surface area contributed by atoms with Gasteiger partial charge >= 0.3 is 0 Å². The highest BCUT2D eigenvalue weighted by molar-refractivity contribution is 7.91. The highest BCUT2D eigenvalue weighted by Gasteiger charge is 2.40. The molecule has 162 valence electrons. The van der Waals surface area contributed by atoms with Crippen LogP contribution in [-0.4, -0.2) is 69.0 Å². The standard InChI is InChI=1S/C21H27N3O4S2/c25-21(18-8-4-10-24(18)30(26,27)20-9-5-15-29-20)22-16-19(17-6-2-1-3-7-17)23-11-13-28-14-12-23/h1-3,5-7,9,15,18-19H,4,8,10-14,16H2,(H,22,25). The maximum atomic E-state index is 13.0. The lowest BCUT2D eigenvalue weighted by Crippen LogP contribution is -2.49. The van der Waals surface area contributed by atoms with E-state index in [1.807, 2.05) is 18.2 Å². The Hall–Kier alpha value is -1.78. The third-order valence-electron chi connectivity index (χ3n) is 5.70. The number of hydrogen-bond acceptors (Lipinski definition) is 6. The van der Waals surface area contributed by atoms with Crippen molar-refractivity contribution < 1.29 is 17.9 Å². The number of hydrogen-bond donors (Lipinski definition) is 1. The zero-order chi connectivity index (χ0) is 21.0. The van der Waals surface area contributed by atoms with Gasteiger partial charge in [0.25, 0.3) is 10.0 Å². The number of rotatable bonds is 7. The predicted octanol–water partition coefficient (Wildman–Crippen LogP) is 2.09. The molecule has 0 bridgehead atoms.